The number of aromatic nitrogens is 2. The first-order valence-corrected chi connectivity index (χ1v) is 14.1. The number of aromatic amines is 1. The molecule has 9 heteroatoms. The number of nitrogens with zero attached hydrogens (tertiary/aromatic N) is 3. The normalized spacial score (nSPS) is 16.5. The second-order valence-electron chi connectivity index (χ2n) is 10.3. The first-order chi connectivity index (χ1) is 20.0. The second-order valence-corrected chi connectivity index (χ2v) is 10.3. The molecular formula is C32H33N5O4. The number of benzene rings is 3. The fourth-order valence-corrected chi connectivity index (χ4v) is 5.84. The van der Waals surface area contributed by atoms with Crippen molar-refractivity contribution in [3.63, 3.8) is 0 Å². The summed E-state index contributed by atoms with van der Waals surface area (Å²) in [6.07, 6.45) is 1.00. The van der Waals surface area contributed by atoms with Crippen LogP contribution >= 0.6 is 0 Å². The lowest BCUT2D eigenvalue weighted by Crippen LogP contribution is -2.54. The molecular weight excluding hydrogens is 518 g/mol. The fraction of sp³-hybridized carbons (Fsp3) is 0.281. The minimum Gasteiger partial charge on any atom is -0.449 e. The van der Waals surface area contributed by atoms with Crippen molar-refractivity contribution in [3.8, 4) is 16.9 Å². The van der Waals surface area contributed by atoms with E-state index in [4.69, 9.17) is 4.74 Å². The van der Waals surface area contributed by atoms with Crippen molar-refractivity contribution in [2.45, 2.75) is 25.8 Å². The summed E-state index contributed by atoms with van der Waals surface area (Å²) in [6, 6.07) is 25.2. The number of carbonyl (C=O) groups is 2. The number of rotatable bonds is 6. The van der Waals surface area contributed by atoms with Gasteiger partial charge in [0.1, 0.15) is 5.69 Å². The molecule has 2 aliphatic rings. The lowest BCUT2D eigenvalue weighted by atomic mass is 10.0. The number of carbonyl (C=O) groups excluding carboxylic acids is 2. The maximum atomic E-state index is 14.2. The smallest absolute Gasteiger partial charge is 0.414 e. The SMILES string of the molecule is CCOC(=O)N1CCc2ccc(-n3c(-c4ccccc4)c(C(=O)N4CCNCC4Cc4ccccc4)[nH]c3=O)cc21. The second kappa shape index (κ2) is 11.5. The van der Waals surface area contributed by atoms with E-state index in [0.29, 0.717) is 56.1 Å². The van der Waals surface area contributed by atoms with Crippen LogP contribution in [-0.2, 0) is 17.6 Å². The average molecular weight is 552 g/mol. The molecule has 1 aromatic heterocycles. The Morgan fingerprint density at radius 2 is 1.73 bits per heavy atom. The molecule has 1 saturated heterocycles. The molecule has 0 saturated carbocycles. The van der Waals surface area contributed by atoms with Gasteiger partial charge in [-0.25, -0.2) is 9.59 Å². The summed E-state index contributed by atoms with van der Waals surface area (Å²) in [5, 5.41) is 3.41. The van der Waals surface area contributed by atoms with Gasteiger partial charge in [-0.3, -0.25) is 14.3 Å². The molecule has 0 radical (unpaired) electrons. The monoisotopic (exact) mass is 551 g/mol. The highest BCUT2D eigenvalue weighted by Gasteiger charge is 2.33. The largest absolute Gasteiger partial charge is 0.449 e. The molecule has 1 fully saturated rings. The van der Waals surface area contributed by atoms with Crippen molar-refractivity contribution in [2.75, 3.05) is 37.7 Å². The van der Waals surface area contributed by atoms with Crippen LogP contribution in [0.3, 0.4) is 0 Å². The maximum Gasteiger partial charge on any atom is 0.414 e. The molecule has 210 valence electrons. The number of hydrogen-bond acceptors (Lipinski definition) is 5. The van der Waals surface area contributed by atoms with E-state index in [1.54, 1.807) is 16.4 Å². The minimum atomic E-state index is -0.414. The molecule has 9 nitrogen and oxygen atoms in total. The Kier molecular flexibility index (Phi) is 7.43. The van der Waals surface area contributed by atoms with Gasteiger partial charge >= 0.3 is 11.8 Å². The van der Waals surface area contributed by atoms with Crippen molar-refractivity contribution in [2.24, 2.45) is 0 Å². The van der Waals surface area contributed by atoms with E-state index in [0.717, 1.165) is 16.7 Å². The molecule has 0 spiro atoms. The third kappa shape index (κ3) is 5.16. The summed E-state index contributed by atoms with van der Waals surface area (Å²) in [6.45, 7) is 4.45. The maximum absolute atomic E-state index is 14.2. The van der Waals surface area contributed by atoms with Gasteiger partial charge in [-0.1, -0.05) is 66.7 Å². The van der Waals surface area contributed by atoms with E-state index in [1.807, 2.05) is 71.6 Å². The summed E-state index contributed by atoms with van der Waals surface area (Å²) in [5.41, 5.74) is 4.52. The predicted octanol–water partition coefficient (Wildman–Crippen LogP) is 4.01. The zero-order valence-electron chi connectivity index (χ0n) is 23.0. The average Bonchev–Trinajstić information content (AvgIpc) is 3.59. The number of H-pyrrole nitrogens is 1. The van der Waals surface area contributed by atoms with E-state index >= 15 is 0 Å². The zero-order valence-corrected chi connectivity index (χ0v) is 23.0. The third-order valence-corrected chi connectivity index (χ3v) is 7.79. The Morgan fingerprint density at radius 3 is 2.49 bits per heavy atom. The van der Waals surface area contributed by atoms with Gasteiger partial charge in [0.2, 0.25) is 0 Å². The molecule has 0 aliphatic carbocycles. The van der Waals surface area contributed by atoms with Crippen molar-refractivity contribution < 1.29 is 14.3 Å². The first-order valence-electron chi connectivity index (χ1n) is 14.1. The van der Waals surface area contributed by atoms with Gasteiger partial charge < -0.3 is 19.9 Å². The van der Waals surface area contributed by atoms with Crippen LogP contribution in [0.5, 0.6) is 0 Å². The van der Waals surface area contributed by atoms with Crippen molar-refractivity contribution >= 4 is 17.7 Å². The van der Waals surface area contributed by atoms with Crippen molar-refractivity contribution in [1.29, 1.82) is 0 Å². The topological polar surface area (TPSA) is 99.7 Å². The summed E-state index contributed by atoms with van der Waals surface area (Å²) in [5.74, 6) is -0.212. The molecule has 2 aliphatic heterocycles. The summed E-state index contributed by atoms with van der Waals surface area (Å²) in [7, 11) is 0. The van der Waals surface area contributed by atoms with E-state index in [2.05, 4.69) is 22.4 Å². The van der Waals surface area contributed by atoms with Crippen molar-refractivity contribution in [1.82, 2.24) is 19.8 Å². The fourth-order valence-electron chi connectivity index (χ4n) is 5.84. The third-order valence-electron chi connectivity index (χ3n) is 7.79. The Hall–Kier alpha value is -4.63. The van der Waals surface area contributed by atoms with Crippen LogP contribution in [0.2, 0.25) is 0 Å². The summed E-state index contributed by atoms with van der Waals surface area (Å²) < 4.78 is 6.80. The number of ether oxygens (including phenoxy) is 1. The Bertz CT molecular complexity index is 1610. The van der Waals surface area contributed by atoms with Gasteiger partial charge in [0.25, 0.3) is 5.91 Å². The minimum absolute atomic E-state index is 0.0627. The summed E-state index contributed by atoms with van der Waals surface area (Å²) in [4.78, 5) is 46.9. The number of fused-ring (bicyclic) bond motifs is 1. The highest BCUT2D eigenvalue weighted by Crippen LogP contribution is 2.33. The van der Waals surface area contributed by atoms with Gasteiger partial charge in [0.15, 0.2) is 0 Å². The number of imidazole rings is 1. The van der Waals surface area contributed by atoms with Gasteiger partial charge in [0.05, 0.1) is 23.7 Å². The molecule has 3 aromatic carbocycles. The Balaban J connectivity index is 1.43. The van der Waals surface area contributed by atoms with Crippen LogP contribution in [0.15, 0.2) is 83.7 Å². The van der Waals surface area contributed by atoms with E-state index in [9.17, 15) is 14.4 Å². The van der Waals surface area contributed by atoms with Crippen LogP contribution in [-0.4, -0.2) is 65.3 Å². The highest BCUT2D eigenvalue weighted by molar-refractivity contribution is 5.99. The highest BCUT2D eigenvalue weighted by atomic mass is 16.6. The quantitative estimate of drug-likeness (QED) is 0.377. The van der Waals surface area contributed by atoms with E-state index in [-0.39, 0.29) is 24.2 Å². The number of hydrogen-bond donors (Lipinski definition) is 2. The van der Waals surface area contributed by atoms with Gasteiger partial charge in [-0.05, 0) is 43.0 Å². The number of amides is 2. The van der Waals surface area contributed by atoms with E-state index in [1.165, 1.54) is 0 Å². The van der Waals surface area contributed by atoms with Gasteiger partial charge in [-0.15, -0.1) is 0 Å². The van der Waals surface area contributed by atoms with Crippen LogP contribution in [0.4, 0.5) is 10.5 Å². The van der Waals surface area contributed by atoms with Crippen LogP contribution < -0.4 is 15.9 Å². The Morgan fingerprint density at radius 1 is 0.976 bits per heavy atom. The van der Waals surface area contributed by atoms with Crippen LogP contribution in [0, 0.1) is 0 Å². The number of piperazine rings is 1. The molecule has 6 rings (SSSR count). The van der Waals surface area contributed by atoms with Crippen LogP contribution in [0.25, 0.3) is 16.9 Å². The van der Waals surface area contributed by atoms with Gasteiger partial charge in [-0.2, -0.15) is 0 Å². The number of nitrogens with one attached hydrogen (secondary N) is 2. The lowest BCUT2D eigenvalue weighted by Gasteiger charge is -2.36. The zero-order chi connectivity index (χ0) is 28.3. The molecule has 3 heterocycles. The molecule has 2 amide bonds. The molecule has 2 N–H and O–H groups in total. The van der Waals surface area contributed by atoms with Gasteiger partial charge in [0, 0.05) is 37.8 Å². The predicted molar refractivity (Wildman–Crippen MR) is 158 cm³/mol. The van der Waals surface area contributed by atoms with E-state index < -0.39 is 11.8 Å². The standard InChI is InChI=1S/C32H33N5O4/c1-2-41-32(40)36-17-15-23-13-14-25(20-27(23)36)37-29(24-11-7-4-8-12-24)28(34-31(37)39)30(38)35-18-16-33-21-26(35)19-22-9-5-3-6-10-22/h3-14,20,26,33H,2,15-19,21H2,1H3,(H,34,39). The molecule has 41 heavy (non-hydrogen) atoms. The Labute approximate surface area is 238 Å². The summed E-state index contributed by atoms with van der Waals surface area (Å²) >= 11 is 0. The van der Waals surface area contributed by atoms with Crippen molar-refractivity contribution in [3.05, 3.63) is 106 Å². The molecule has 4 aromatic rings. The first kappa shape index (κ1) is 26.6. The molecule has 1 unspecified atom stereocenters. The lowest BCUT2D eigenvalue weighted by molar-refractivity contribution is 0.0631. The molecule has 1 atom stereocenters. The van der Waals surface area contributed by atoms with Crippen LogP contribution in [0.1, 0.15) is 28.5 Å². The molecule has 0 bridgehead atoms. The number of anilines is 1.